The van der Waals surface area contributed by atoms with Gasteiger partial charge in [0.1, 0.15) is 5.82 Å². The topological polar surface area (TPSA) is 37.9 Å². The summed E-state index contributed by atoms with van der Waals surface area (Å²) in [6.45, 7) is 6.41. The Kier molecular flexibility index (Phi) is 2.51. The van der Waals surface area contributed by atoms with Crippen LogP contribution >= 0.6 is 0 Å². The smallest absolute Gasteiger partial charge is 0.112 e. The summed E-state index contributed by atoms with van der Waals surface area (Å²) in [5.74, 6) is 3.23. The van der Waals surface area contributed by atoms with Crippen LogP contribution < -0.4 is 0 Å². The Morgan fingerprint density at radius 2 is 2.06 bits per heavy atom. The first-order chi connectivity index (χ1) is 7.74. The van der Waals surface area contributed by atoms with Gasteiger partial charge in [0.25, 0.3) is 0 Å². The summed E-state index contributed by atoms with van der Waals surface area (Å²) in [7, 11) is 0. The SMILES string of the molecule is CC1Cc2nc(C3CCOC3)[nH]c2CC1C. The second kappa shape index (κ2) is 3.88. The minimum Gasteiger partial charge on any atom is -0.381 e. The van der Waals surface area contributed by atoms with E-state index in [1.165, 1.54) is 17.2 Å². The monoisotopic (exact) mass is 220 g/mol. The molecule has 1 aliphatic carbocycles. The molecule has 0 radical (unpaired) electrons. The van der Waals surface area contributed by atoms with E-state index in [0.717, 1.165) is 44.3 Å². The van der Waals surface area contributed by atoms with E-state index in [2.05, 4.69) is 18.8 Å². The van der Waals surface area contributed by atoms with Crippen LogP contribution in [0.5, 0.6) is 0 Å². The molecule has 88 valence electrons. The fraction of sp³-hybridized carbons (Fsp3) is 0.769. The Hall–Kier alpha value is -0.830. The molecule has 1 aliphatic heterocycles. The second-order valence-corrected chi connectivity index (χ2v) is 5.47. The van der Waals surface area contributed by atoms with Crippen molar-refractivity contribution in [2.75, 3.05) is 13.2 Å². The van der Waals surface area contributed by atoms with Gasteiger partial charge in [0.15, 0.2) is 0 Å². The molecule has 2 heterocycles. The minimum absolute atomic E-state index is 0.510. The lowest BCUT2D eigenvalue weighted by Crippen LogP contribution is -2.20. The fourth-order valence-electron chi connectivity index (χ4n) is 2.78. The largest absolute Gasteiger partial charge is 0.381 e. The highest BCUT2D eigenvalue weighted by Gasteiger charge is 2.28. The summed E-state index contributed by atoms with van der Waals surface area (Å²) in [6, 6.07) is 0. The molecule has 3 unspecified atom stereocenters. The predicted molar refractivity (Wildman–Crippen MR) is 62.5 cm³/mol. The van der Waals surface area contributed by atoms with Gasteiger partial charge in [-0.3, -0.25) is 0 Å². The number of aromatic amines is 1. The van der Waals surface area contributed by atoms with Crippen LogP contribution in [-0.4, -0.2) is 23.2 Å². The van der Waals surface area contributed by atoms with Crippen molar-refractivity contribution in [1.29, 1.82) is 0 Å². The highest BCUT2D eigenvalue weighted by Crippen LogP contribution is 2.31. The summed E-state index contributed by atoms with van der Waals surface area (Å²) in [5, 5.41) is 0. The summed E-state index contributed by atoms with van der Waals surface area (Å²) >= 11 is 0. The van der Waals surface area contributed by atoms with Gasteiger partial charge in [-0.15, -0.1) is 0 Å². The molecule has 0 saturated carbocycles. The maximum absolute atomic E-state index is 5.43. The molecule has 0 amide bonds. The highest BCUT2D eigenvalue weighted by atomic mass is 16.5. The van der Waals surface area contributed by atoms with Gasteiger partial charge < -0.3 is 9.72 Å². The zero-order chi connectivity index (χ0) is 11.1. The lowest BCUT2D eigenvalue weighted by atomic mass is 9.82. The number of nitrogens with one attached hydrogen (secondary N) is 1. The number of aromatic nitrogens is 2. The summed E-state index contributed by atoms with van der Waals surface area (Å²) in [4.78, 5) is 8.32. The van der Waals surface area contributed by atoms with Crippen LogP contribution in [0.15, 0.2) is 0 Å². The minimum atomic E-state index is 0.510. The lowest BCUT2D eigenvalue weighted by molar-refractivity contribution is 0.193. The molecule has 3 atom stereocenters. The van der Waals surface area contributed by atoms with Gasteiger partial charge in [0.05, 0.1) is 12.3 Å². The Bertz CT molecular complexity index is 352. The van der Waals surface area contributed by atoms with Crippen LogP contribution in [-0.2, 0) is 17.6 Å². The van der Waals surface area contributed by atoms with E-state index < -0.39 is 0 Å². The van der Waals surface area contributed by atoms with Crippen molar-refractivity contribution < 1.29 is 4.74 Å². The van der Waals surface area contributed by atoms with E-state index in [0.29, 0.717) is 5.92 Å². The van der Waals surface area contributed by atoms with Crippen molar-refractivity contribution in [3.8, 4) is 0 Å². The average molecular weight is 220 g/mol. The molecule has 0 aromatic carbocycles. The molecular weight excluding hydrogens is 200 g/mol. The van der Waals surface area contributed by atoms with E-state index in [1.54, 1.807) is 0 Å². The number of fused-ring (bicyclic) bond motifs is 1. The third kappa shape index (κ3) is 1.67. The molecule has 0 bridgehead atoms. The molecule has 1 fully saturated rings. The highest BCUT2D eigenvalue weighted by molar-refractivity contribution is 5.21. The van der Waals surface area contributed by atoms with Gasteiger partial charge in [0, 0.05) is 18.2 Å². The van der Waals surface area contributed by atoms with Crippen molar-refractivity contribution in [1.82, 2.24) is 9.97 Å². The Morgan fingerprint density at radius 1 is 1.25 bits per heavy atom. The standard InChI is InChI=1S/C13H20N2O/c1-8-5-11-12(6-9(8)2)15-13(14-11)10-3-4-16-7-10/h8-10H,3-7H2,1-2H3,(H,14,15). The molecule has 1 saturated heterocycles. The number of ether oxygens (including phenoxy) is 1. The Morgan fingerprint density at radius 3 is 2.81 bits per heavy atom. The zero-order valence-corrected chi connectivity index (χ0v) is 10.1. The first-order valence-corrected chi connectivity index (χ1v) is 6.39. The first-order valence-electron chi connectivity index (χ1n) is 6.39. The van der Waals surface area contributed by atoms with Gasteiger partial charge in [-0.05, 0) is 31.1 Å². The number of imidazole rings is 1. The molecule has 2 aliphatic rings. The van der Waals surface area contributed by atoms with Gasteiger partial charge in [-0.2, -0.15) is 0 Å². The van der Waals surface area contributed by atoms with Crippen molar-refractivity contribution in [3.05, 3.63) is 17.2 Å². The average Bonchev–Trinajstić information content (AvgIpc) is 2.86. The molecule has 1 N–H and O–H groups in total. The molecule has 1 aromatic heterocycles. The molecule has 3 nitrogen and oxygen atoms in total. The van der Waals surface area contributed by atoms with Gasteiger partial charge in [0.2, 0.25) is 0 Å². The lowest BCUT2D eigenvalue weighted by Gasteiger charge is -2.24. The number of rotatable bonds is 1. The van der Waals surface area contributed by atoms with Gasteiger partial charge >= 0.3 is 0 Å². The molecule has 3 rings (SSSR count). The van der Waals surface area contributed by atoms with Crippen molar-refractivity contribution >= 4 is 0 Å². The molecule has 3 heteroatoms. The van der Waals surface area contributed by atoms with E-state index in [4.69, 9.17) is 9.72 Å². The Labute approximate surface area is 96.6 Å². The summed E-state index contributed by atoms with van der Waals surface area (Å²) < 4.78 is 5.43. The van der Waals surface area contributed by atoms with Crippen LogP contribution in [0.2, 0.25) is 0 Å². The van der Waals surface area contributed by atoms with Crippen molar-refractivity contribution in [2.24, 2.45) is 11.8 Å². The first kappa shape index (κ1) is 10.3. The quantitative estimate of drug-likeness (QED) is 0.788. The van der Waals surface area contributed by atoms with Gasteiger partial charge in [-0.25, -0.2) is 4.98 Å². The Balaban J connectivity index is 1.86. The summed E-state index contributed by atoms with van der Waals surface area (Å²) in [5.41, 5.74) is 2.69. The van der Waals surface area contributed by atoms with E-state index >= 15 is 0 Å². The second-order valence-electron chi connectivity index (χ2n) is 5.47. The van der Waals surface area contributed by atoms with E-state index in [9.17, 15) is 0 Å². The number of hydrogen-bond donors (Lipinski definition) is 1. The molecule has 1 aromatic rings. The normalized spacial score (nSPS) is 34.0. The maximum Gasteiger partial charge on any atom is 0.112 e. The third-order valence-corrected chi connectivity index (χ3v) is 4.21. The van der Waals surface area contributed by atoms with E-state index in [-0.39, 0.29) is 0 Å². The van der Waals surface area contributed by atoms with Crippen LogP contribution in [0, 0.1) is 11.8 Å². The van der Waals surface area contributed by atoms with Gasteiger partial charge in [-0.1, -0.05) is 13.8 Å². The number of hydrogen-bond acceptors (Lipinski definition) is 2. The van der Waals surface area contributed by atoms with Crippen LogP contribution in [0.1, 0.15) is 43.4 Å². The third-order valence-electron chi connectivity index (χ3n) is 4.21. The summed E-state index contributed by atoms with van der Waals surface area (Å²) in [6.07, 6.45) is 3.43. The number of nitrogens with zero attached hydrogens (tertiary/aromatic N) is 1. The number of H-pyrrole nitrogens is 1. The van der Waals surface area contributed by atoms with Crippen LogP contribution in [0.3, 0.4) is 0 Å². The van der Waals surface area contributed by atoms with E-state index in [1.807, 2.05) is 0 Å². The zero-order valence-electron chi connectivity index (χ0n) is 10.1. The predicted octanol–water partition coefficient (Wildman–Crippen LogP) is 2.28. The molecule has 16 heavy (non-hydrogen) atoms. The molecule has 0 spiro atoms. The van der Waals surface area contributed by atoms with Crippen molar-refractivity contribution in [2.45, 2.75) is 39.0 Å². The fourth-order valence-corrected chi connectivity index (χ4v) is 2.78. The van der Waals surface area contributed by atoms with Crippen molar-refractivity contribution in [3.63, 3.8) is 0 Å². The van der Waals surface area contributed by atoms with Crippen LogP contribution in [0.25, 0.3) is 0 Å². The van der Waals surface area contributed by atoms with Crippen LogP contribution in [0.4, 0.5) is 0 Å². The molecular formula is C13H20N2O. The maximum atomic E-state index is 5.43.